The Bertz CT molecular complexity index is 1150. The molecule has 0 saturated heterocycles. The summed E-state index contributed by atoms with van der Waals surface area (Å²) in [5, 5.41) is 0. The highest BCUT2D eigenvalue weighted by Gasteiger charge is 2.12. The molecular formula is C26H20N2O2S. The van der Waals surface area contributed by atoms with Crippen LogP contribution in [0.3, 0.4) is 0 Å². The van der Waals surface area contributed by atoms with Gasteiger partial charge in [0.25, 0.3) is 0 Å². The molecule has 152 valence electrons. The van der Waals surface area contributed by atoms with Crippen LogP contribution >= 0.6 is 11.8 Å². The van der Waals surface area contributed by atoms with Crippen molar-refractivity contribution in [2.75, 3.05) is 11.5 Å². The minimum absolute atomic E-state index is 0.0604. The average molecular weight is 425 g/mol. The Morgan fingerprint density at radius 1 is 0.516 bits per heavy atom. The minimum atomic E-state index is -0.0604. The van der Waals surface area contributed by atoms with Gasteiger partial charge in [-0.2, -0.15) is 0 Å². The number of nitrogens with two attached hydrogens (primary N) is 2. The molecule has 0 heterocycles. The maximum absolute atomic E-state index is 12.8. The quantitative estimate of drug-likeness (QED) is 0.317. The molecule has 0 unspecified atom stereocenters. The van der Waals surface area contributed by atoms with Gasteiger partial charge in [0.1, 0.15) is 0 Å². The first-order valence-corrected chi connectivity index (χ1v) is 10.5. The number of anilines is 2. The van der Waals surface area contributed by atoms with Crippen molar-refractivity contribution in [3.8, 4) is 0 Å². The van der Waals surface area contributed by atoms with Crippen molar-refractivity contribution < 1.29 is 9.59 Å². The molecule has 0 atom stereocenters. The second kappa shape index (κ2) is 8.90. The van der Waals surface area contributed by atoms with Gasteiger partial charge < -0.3 is 11.5 Å². The van der Waals surface area contributed by atoms with Crippen LogP contribution in [-0.2, 0) is 0 Å². The van der Waals surface area contributed by atoms with E-state index in [0.29, 0.717) is 33.6 Å². The molecule has 0 saturated carbocycles. The van der Waals surface area contributed by atoms with Crippen LogP contribution in [0.1, 0.15) is 31.8 Å². The van der Waals surface area contributed by atoms with E-state index in [2.05, 4.69) is 0 Å². The lowest BCUT2D eigenvalue weighted by Crippen LogP contribution is -2.02. The van der Waals surface area contributed by atoms with Gasteiger partial charge in [-0.3, -0.25) is 9.59 Å². The SMILES string of the molecule is Nc1ccc(C(=O)c2cccc(Sc3cccc(C(=O)c4ccc(N)cc4)c3)c2)cc1. The minimum Gasteiger partial charge on any atom is -0.399 e. The smallest absolute Gasteiger partial charge is 0.193 e. The third-order valence-corrected chi connectivity index (χ3v) is 5.75. The van der Waals surface area contributed by atoms with Crippen molar-refractivity contribution in [2.45, 2.75) is 9.79 Å². The number of carbonyl (C=O) groups is 2. The van der Waals surface area contributed by atoms with E-state index in [0.717, 1.165) is 9.79 Å². The van der Waals surface area contributed by atoms with Gasteiger partial charge in [-0.25, -0.2) is 0 Å². The first kappa shape index (κ1) is 20.4. The van der Waals surface area contributed by atoms with Crippen molar-refractivity contribution in [2.24, 2.45) is 0 Å². The molecule has 4 nitrogen and oxygen atoms in total. The third kappa shape index (κ3) is 4.85. The standard InChI is InChI=1S/C26H20N2O2S/c27-21-11-7-17(8-12-21)25(29)19-3-1-5-23(15-19)31-24-6-2-4-20(16-24)26(30)18-9-13-22(28)14-10-18/h1-16H,27-28H2. The predicted octanol–water partition coefficient (Wildman–Crippen LogP) is 5.46. The van der Waals surface area contributed by atoms with Gasteiger partial charge in [0.2, 0.25) is 0 Å². The molecule has 0 bridgehead atoms. The zero-order chi connectivity index (χ0) is 21.8. The lowest BCUT2D eigenvalue weighted by atomic mass is 10.0. The van der Waals surface area contributed by atoms with Crippen LogP contribution in [0, 0.1) is 0 Å². The Morgan fingerprint density at radius 2 is 0.903 bits per heavy atom. The molecule has 4 aromatic rings. The van der Waals surface area contributed by atoms with Gasteiger partial charge in [-0.1, -0.05) is 36.0 Å². The van der Waals surface area contributed by atoms with E-state index in [1.54, 1.807) is 60.7 Å². The number of carbonyl (C=O) groups excluding carboxylic acids is 2. The molecule has 0 amide bonds. The van der Waals surface area contributed by atoms with Gasteiger partial charge in [-0.05, 0) is 72.8 Å². The number of hydrogen-bond donors (Lipinski definition) is 2. The van der Waals surface area contributed by atoms with Crippen LogP contribution in [0.25, 0.3) is 0 Å². The largest absolute Gasteiger partial charge is 0.399 e. The normalized spacial score (nSPS) is 10.6. The highest BCUT2D eigenvalue weighted by Crippen LogP contribution is 2.30. The highest BCUT2D eigenvalue weighted by molar-refractivity contribution is 7.99. The summed E-state index contributed by atoms with van der Waals surface area (Å²) in [6.07, 6.45) is 0. The molecule has 4 aromatic carbocycles. The van der Waals surface area contributed by atoms with E-state index in [4.69, 9.17) is 11.5 Å². The second-order valence-electron chi connectivity index (χ2n) is 7.06. The molecular weight excluding hydrogens is 404 g/mol. The summed E-state index contributed by atoms with van der Waals surface area (Å²) in [6.45, 7) is 0. The molecule has 5 heteroatoms. The van der Waals surface area contributed by atoms with Gasteiger partial charge in [0.05, 0.1) is 0 Å². The zero-order valence-electron chi connectivity index (χ0n) is 16.6. The van der Waals surface area contributed by atoms with E-state index >= 15 is 0 Å². The van der Waals surface area contributed by atoms with Crippen molar-refractivity contribution in [1.29, 1.82) is 0 Å². The fraction of sp³-hybridized carbons (Fsp3) is 0. The first-order valence-electron chi connectivity index (χ1n) is 9.68. The highest BCUT2D eigenvalue weighted by atomic mass is 32.2. The molecule has 0 aromatic heterocycles. The lowest BCUT2D eigenvalue weighted by Gasteiger charge is -2.07. The number of ketones is 2. The molecule has 0 fully saturated rings. The Balaban J connectivity index is 1.54. The molecule has 0 aliphatic rings. The Hall–Kier alpha value is -3.83. The average Bonchev–Trinajstić information content (AvgIpc) is 2.79. The lowest BCUT2D eigenvalue weighted by molar-refractivity contribution is 0.103. The summed E-state index contributed by atoms with van der Waals surface area (Å²) in [4.78, 5) is 27.4. The van der Waals surface area contributed by atoms with Crippen molar-refractivity contribution in [3.63, 3.8) is 0 Å². The number of nitrogen functional groups attached to an aromatic ring is 2. The van der Waals surface area contributed by atoms with Gasteiger partial charge in [0, 0.05) is 43.4 Å². The number of rotatable bonds is 6. The third-order valence-electron chi connectivity index (χ3n) is 4.77. The maximum Gasteiger partial charge on any atom is 0.193 e. The summed E-state index contributed by atoms with van der Waals surface area (Å²) in [5.74, 6) is -0.121. The molecule has 4 rings (SSSR count). The Kier molecular flexibility index (Phi) is 5.87. The van der Waals surface area contributed by atoms with Gasteiger partial charge >= 0.3 is 0 Å². The molecule has 0 radical (unpaired) electrons. The monoisotopic (exact) mass is 424 g/mol. The van der Waals surface area contributed by atoms with Crippen molar-refractivity contribution >= 4 is 34.7 Å². The van der Waals surface area contributed by atoms with E-state index in [1.807, 2.05) is 36.4 Å². The summed E-state index contributed by atoms with van der Waals surface area (Å²) in [5.41, 5.74) is 15.0. The van der Waals surface area contributed by atoms with Crippen molar-refractivity contribution in [3.05, 3.63) is 119 Å². The van der Waals surface area contributed by atoms with Crippen LogP contribution in [0.2, 0.25) is 0 Å². The fourth-order valence-electron chi connectivity index (χ4n) is 3.14. The van der Waals surface area contributed by atoms with E-state index in [-0.39, 0.29) is 11.6 Å². The Labute approximate surface area is 184 Å². The molecule has 0 aliphatic carbocycles. The maximum atomic E-state index is 12.8. The van der Waals surface area contributed by atoms with Crippen LogP contribution < -0.4 is 11.5 Å². The fourth-order valence-corrected chi connectivity index (χ4v) is 4.08. The first-order chi connectivity index (χ1) is 15.0. The van der Waals surface area contributed by atoms with Gasteiger partial charge in [-0.15, -0.1) is 0 Å². The summed E-state index contributed by atoms with van der Waals surface area (Å²) in [6, 6.07) is 28.7. The topological polar surface area (TPSA) is 86.2 Å². The second-order valence-corrected chi connectivity index (χ2v) is 8.21. The van der Waals surface area contributed by atoms with Crippen LogP contribution in [0.4, 0.5) is 11.4 Å². The molecule has 0 spiro atoms. The zero-order valence-corrected chi connectivity index (χ0v) is 17.4. The van der Waals surface area contributed by atoms with E-state index in [1.165, 1.54) is 11.8 Å². The molecule has 4 N–H and O–H groups in total. The molecule has 0 aliphatic heterocycles. The predicted molar refractivity (Wildman–Crippen MR) is 126 cm³/mol. The van der Waals surface area contributed by atoms with Crippen molar-refractivity contribution in [1.82, 2.24) is 0 Å². The van der Waals surface area contributed by atoms with Crippen LogP contribution in [-0.4, -0.2) is 11.6 Å². The van der Waals surface area contributed by atoms with E-state index in [9.17, 15) is 9.59 Å². The van der Waals surface area contributed by atoms with E-state index < -0.39 is 0 Å². The summed E-state index contributed by atoms with van der Waals surface area (Å²) < 4.78 is 0. The summed E-state index contributed by atoms with van der Waals surface area (Å²) in [7, 11) is 0. The number of hydrogen-bond acceptors (Lipinski definition) is 5. The van der Waals surface area contributed by atoms with Crippen LogP contribution in [0.5, 0.6) is 0 Å². The Morgan fingerprint density at radius 3 is 1.29 bits per heavy atom. The van der Waals surface area contributed by atoms with Crippen LogP contribution in [0.15, 0.2) is 107 Å². The number of benzene rings is 4. The summed E-state index contributed by atoms with van der Waals surface area (Å²) >= 11 is 1.50. The van der Waals surface area contributed by atoms with Gasteiger partial charge in [0.15, 0.2) is 11.6 Å². The molecule has 31 heavy (non-hydrogen) atoms.